The fraction of sp³-hybridized carbons (Fsp3) is 0.233. The number of phenolic OH excluding ortho intramolecular Hbond substituents is 1. The zero-order chi connectivity index (χ0) is 31.8. The van der Waals surface area contributed by atoms with E-state index in [0.29, 0.717) is 23.8 Å². The smallest absolute Gasteiger partial charge is 0.416 e. The van der Waals surface area contributed by atoms with Crippen molar-refractivity contribution in [3.8, 4) is 17.0 Å². The predicted molar refractivity (Wildman–Crippen MR) is 157 cm³/mol. The Balaban J connectivity index is 0.00000123. The first-order chi connectivity index (χ1) is 20.9. The van der Waals surface area contributed by atoms with Crippen molar-refractivity contribution in [1.29, 1.82) is 0 Å². The number of fused-ring (bicyclic) bond motifs is 2. The lowest BCUT2D eigenvalue weighted by atomic mass is 9.92. The largest absolute Gasteiger partial charge is 0.508 e. The van der Waals surface area contributed by atoms with Crippen LogP contribution in [0.2, 0.25) is 0 Å². The highest BCUT2D eigenvalue weighted by Crippen LogP contribution is 2.40. The summed E-state index contributed by atoms with van der Waals surface area (Å²) in [6, 6.07) is 9.16. The van der Waals surface area contributed by atoms with Crippen molar-refractivity contribution in [3.63, 3.8) is 0 Å². The molecule has 0 saturated carbocycles. The molecule has 0 aliphatic carbocycles. The van der Waals surface area contributed by atoms with Gasteiger partial charge in [0.15, 0.2) is 5.65 Å². The van der Waals surface area contributed by atoms with Crippen LogP contribution in [0.4, 0.5) is 19.0 Å². The Morgan fingerprint density at radius 3 is 2.50 bits per heavy atom. The van der Waals surface area contributed by atoms with Crippen LogP contribution in [0.3, 0.4) is 0 Å². The highest BCUT2D eigenvalue weighted by Gasteiger charge is 2.33. The van der Waals surface area contributed by atoms with Crippen LogP contribution in [0, 0.1) is 0 Å². The van der Waals surface area contributed by atoms with E-state index in [2.05, 4.69) is 26.0 Å². The number of nitrogens with two attached hydrogens (primary N) is 1. The average molecular weight is 609 g/mol. The van der Waals surface area contributed by atoms with Gasteiger partial charge in [-0.3, -0.25) is 4.79 Å². The number of halogens is 3. The number of alkyl halides is 3. The first kappa shape index (κ1) is 30.2. The van der Waals surface area contributed by atoms with Crippen molar-refractivity contribution in [2.75, 3.05) is 25.9 Å². The molecule has 0 radical (unpaired) electrons. The number of aromatic hydroxyl groups is 1. The van der Waals surface area contributed by atoms with E-state index >= 15 is 0 Å². The summed E-state index contributed by atoms with van der Waals surface area (Å²) in [7, 11) is 2.02. The van der Waals surface area contributed by atoms with Gasteiger partial charge in [-0.25, -0.2) is 19.4 Å². The highest BCUT2D eigenvalue weighted by atomic mass is 19.4. The lowest BCUT2D eigenvalue weighted by Gasteiger charge is -2.25. The SMILES string of the molecule is CC(c1oc(=O)c2ccccc2c1C1=CCN(C)CC1)n1nc(-c2cc(O)cc(C(F)(F)F)c2)c2c(N)ncnc21.O=CO. The number of phenols is 1. The molecule has 1 atom stereocenters. The van der Waals surface area contributed by atoms with Gasteiger partial charge in [-0.2, -0.15) is 18.3 Å². The van der Waals surface area contributed by atoms with Crippen LogP contribution in [0.1, 0.15) is 36.3 Å². The molecule has 11 nitrogen and oxygen atoms in total. The predicted octanol–water partition coefficient (Wildman–Crippen LogP) is 4.94. The molecule has 2 aromatic carbocycles. The van der Waals surface area contributed by atoms with Crippen molar-refractivity contribution in [2.45, 2.75) is 25.6 Å². The molecule has 14 heteroatoms. The molecule has 0 saturated heterocycles. The van der Waals surface area contributed by atoms with E-state index < -0.39 is 29.2 Å². The Bertz CT molecular complexity index is 1970. The van der Waals surface area contributed by atoms with E-state index in [0.717, 1.165) is 35.6 Å². The third kappa shape index (κ3) is 5.58. The lowest BCUT2D eigenvalue weighted by molar-refractivity contribution is -0.137. The maximum Gasteiger partial charge on any atom is 0.416 e. The fourth-order valence-electron chi connectivity index (χ4n) is 5.33. The van der Waals surface area contributed by atoms with Gasteiger partial charge in [0.1, 0.15) is 35.4 Å². The van der Waals surface area contributed by atoms with Gasteiger partial charge in [0.05, 0.1) is 16.3 Å². The molecule has 4 heterocycles. The topological polar surface area (TPSA) is 161 Å². The molecule has 0 fully saturated rings. The summed E-state index contributed by atoms with van der Waals surface area (Å²) >= 11 is 0. The molecule has 44 heavy (non-hydrogen) atoms. The summed E-state index contributed by atoms with van der Waals surface area (Å²) in [4.78, 5) is 32.0. The number of hydrogen-bond acceptors (Lipinski definition) is 9. The maximum atomic E-state index is 13.6. The number of aromatic nitrogens is 4. The molecular weight excluding hydrogens is 581 g/mol. The number of carbonyl (C=O) groups is 1. The van der Waals surface area contributed by atoms with Gasteiger partial charge < -0.3 is 25.3 Å². The van der Waals surface area contributed by atoms with Gasteiger partial charge in [-0.05, 0) is 55.6 Å². The van der Waals surface area contributed by atoms with Crippen LogP contribution >= 0.6 is 0 Å². The van der Waals surface area contributed by atoms with E-state index in [-0.39, 0.29) is 34.6 Å². The van der Waals surface area contributed by atoms with Crippen molar-refractivity contribution >= 4 is 39.7 Å². The van der Waals surface area contributed by atoms with E-state index in [4.69, 9.17) is 20.1 Å². The standard InChI is InChI=1S/C29H25F3N6O3.CH2O2/c1-15(25-22(16-7-9-37(2)10-8-16)20-5-3-4-6-21(20)28(40)41-25)38-27-23(26(33)34-14-35-27)24(36-38)17-11-18(29(30,31)32)13-19(39)12-17;2-1-3/h3-7,11-15,39H,8-10H2,1-2H3,(H2,33,34,35);1H,(H,2,3). The highest BCUT2D eigenvalue weighted by molar-refractivity contribution is 5.99. The van der Waals surface area contributed by atoms with Crippen LogP contribution in [0.15, 0.2) is 64.1 Å². The van der Waals surface area contributed by atoms with Crippen LogP contribution in [0.25, 0.3) is 38.6 Å². The summed E-state index contributed by atoms with van der Waals surface area (Å²) in [6.07, 6.45) is -0.656. The van der Waals surface area contributed by atoms with Gasteiger partial charge in [0, 0.05) is 24.2 Å². The summed E-state index contributed by atoms with van der Waals surface area (Å²) < 4.78 is 48.2. The molecule has 0 bridgehead atoms. The Morgan fingerprint density at radius 1 is 1.14 bits per heavy atom. The fourth-order valence-corrected chi connectivity index (χ4v) is 5.33. The Hall–Kier alpha value is -5.24. The number of carboxylic acid groups (broad SMARTS) is 1. The van der Waals surface area contributed by atoms with Crippen molar-refractivity contribution in [2.24, 2.45) is 0 Å². The monoisotopic (exact) mass is 608 g/mol. The second kappa shape index (κ2) is 11.8. The minimum atomic E-state index is -4.70. The minimum Gasteiger partial charge on any atom is -0.508 e. The molecule has 1 aliphatic rings. The van der Waals surface area contributed by atoms with Crippen molar-refractivity contribution in [1.82, 2.24) is 24.6 Å². The van der Waals surface area contributed by atoms with Crippen molar-refractivity contribution in [3.05, 3.63) is 82.2 Å². The number of nitrogen functional groups attached to an aromatic ring is 1. The summed E-state index contributed by atoms with van der Waals surface area (Å²) in [5.41, 5.74) is 6.67. The Kier molecular flexibility index (Phi) is 8.11. The summed E-state index contributed by atoms with van der Waals surface area (Å²) in [5, 5.41) is 23.0. The van der Waals surface area contributed by atoms with Gasteiger partial charge in [-0.1, -0.05) is 24.3 Å². The number of hydrogen-bond donors (Lipinski definition) is 3. The molecule has 1 unspecified atom stereocenters. The van der Waals surface area contributed by atoms with Crippen LogP contribution < -0.4 is 11.4 Å². The zero-order valence-electron chi connectivity index (χ0n) is 23.5. The van der Waals surface area contributed by atoms with Crippen LogP contribution in [0.5, 0.6) is 5.75 Å². The second-order valence-electron chi connectivity index (χ2n) is 10.2. The van der Waals surface area contributed by atoms with E-state index in [1.807, 2.05) is 19.2 Å². The third-order valence-corrected chi connectivity index (χ3v) is 7.38. The van der Waals surface area contributed by atoms with Gasteiger partial charge in [0.25, 0.3) is 6.47 Å². The molecule has 5 aromatic rings. The first-order valence-electron chi connectivity index (χ1n) is 13.4. The second-order valence-corrected chi connectivity index (χ2v) is 10.2. The summed E-state index contributed by atoms with van der Waals surface area (Å²) in [6.45, 7) is 3.04. The number of anilines is 1. The van der Waals surface area contributed by atoms with E-state index in [9.17, 15) is 23.1 Å². The third-order valence-electron chi connectivity index (χ3n) is 7.38. The molecule has 0 spiro atoms. The van der Waals surface area contributed by atoms with E-state index in [1.54, 1.807) is 19.1 Å². The van der Waals surface area contributed by atoms with Gasteiger partial charge in [0.2, 0.25) is 0 Å². The molecular formula is C30H27F3N6O5. The van der Waals surface area contributed by atoms with Crippen LogP contribution in [-0.4, -0.2) is 61.5 Å². The Morgan fingerprint density at radius 2 is 1.84 bits per heavy atom. The molecule has 228 valence electrons. The molecule has 1 aliphatic heterocycles. The molecule has 3 aromatic heterocycles. The lowest BCUT2D eigenvalue weighted by Crippen LogP contribution is -2.24. The molecule has 0 amide bonds. The zero-order valence-corrected chi connectivity index (χ0v) is 23.5. The average Bonchev–Trinajstić information content (AvgIpc) is 3.38. The van der Waals surface area contributed by atoms with Gasteiger partial charge in [-0.15, -0.1) is 0 Å². The molecule has 6 rings (SSSR count). The number of nitrogens with zero attached hydrogens (tertiary/aromatic N) is 5. The number of likely N-dealkylation sites (N-methyl/N-ethyl adjacent to an activating group) is 1. The summed E-state index contributed by atoms with van der Waals surface area (Å²) in [5.74, 6) is -0.249. The normalized spacial score (nSPS) is 14.6. The number of rotatable bonds is 4. The van der Waals surface area contributed by atoms with Crippen molar-refractivity contribution < 1.29 is 32.6 Å². The maximum absolute atomic E-state index is 13.6. The minimum absolute atomic E-state index is 0.00133. The quantitative estimate of drug-likeness (QED) is 0.239. The first-order valence-corrected chi connectivity index (χ1v) is 13.4. The van der Waals surface area contributed by atoms with Crippen LogP contribution in [-0.2, 0) is 11.0 Å². The molecule has 4 N–H and O–H groups in total. The Labute approximate surface area is 247 Å². The van der Waals surface area contributed by atoms with Gasteiger partial charge >= 0.3 is 11.8 Å². The van der Waals surface area contributed by atoms with E-state index in [1.165, 1.54) is 17.1 Å². The number of benzene rings is 2.